The summed E-state index contributed by atoms with van der Waals surface area (Å²) >= 11 is 6.39. The molecule has 0 saturated carbocycles. The molecule has 7 nitrogen and oxygen atoms in total. The van der Waals surface area contributed by atoms with Crippen LogP contribution in [0.5, 0.6) is 0 Å². The van der Waals surface area contributed by atoms with Crippen LogP contribution >= 0.6 is 11.6 Å². The molecular weight excluding hydrogens is 488 g/mol. The third-order valence-corrected chi connectivity index (χ3v) is 7.41. The molecule has 37 heavy (non-hydrogen) atoms. The number of nitrogens with one attached hydrogen (secondary N) is 1. The van der Waals surface area contributed by atoms with Gasteiger partial charge in [0.2, 0.25) is 0 Å². The highest BCUT2D eigenvalue weighted by molar-refractivity contribution is 6.31. The number of piperidine rings is 1. The van der Waals surface area contributed by atoms with E-state index < -0.39 is 6.04 Å². The van der Waals surface area contributed by atoms with E-state index in [0.29, 0.717) is 40.5 Å². The molecule has 6 rings (SSSR count). The monoisotopic (exact) mass is 514 g/mol. The highest BCUT2D eigenvalue weighted by Gasteiger charge is 2.37. The van der Waals surface area contributed by atoms with Crippen molar-refractivity contribution in [2.75, 3.05) is 19.6 Å². The molecule has 8 heteroatoms. The molecule has 2 aromatic carbocycles. The topological polar surface area (TPSA) is 81.9 Å². The van der Waals surface area contributed by atoms with E-state index in [4.69, 9.17) is 21.1 Å². The Labute approximate surface area is 219 Å². The summed E-state index contributed by atoms with van der Waals surface area (Å²) < 4.78 is 5.72. The molecule has 0 spiro atoms. The molecule has 1 atom stereocenters. The summed E-state index contributed by atoms with van der Waals surface area (Å²) in [6.07, 6.45) is 5.36. The number of pyridine rings is 1. The van der Waals surface area contributed by atoms with E-state index in [9.17, 15) is 9.59 Å². The van der Waals surface area contributed by atoms with Crippen LogP contribution in [0.2, 0.25) is 5.02 Å². The second-order valence-corrected chi connectivity index (χ2v) is 10.1. The van der Waals surface area contributed by atoms with Gasteiger partial charge in [0.05, 0.1) is 24.1 Å². The Morgan fingerprint density at radius 2 is 1.84 bits per heavy atom. The normalized spacial score (nSPS) is 18.4. The fourth-order valence-corrected chi connectivity index (χ4v) is 5.59. The van der Waals surface area contributed by atoms with Gasteiger partial charge in [0, 0.05) is 27.9 Å². The lowest BCUT2D eigenvalue weighted by atomic mass is 9.92. The zero-order valence-corrected chi connectivity index (χ0v) is 21.1. The smallest absolute Gasteiger partial charge is 0.258 e. The van der Waals surface area contributed by atoms with E-state index in [1.807, 2.05) is 48.5 Å². The molecule has 4 aromatic rings. The van der Waals surface area contributed by atoms with E-state index in [-0.39, 0.29) is 11.5 Å². The number of hydrogen-bond acceptors (Lipinski definition) is 5. The SMILES string of the molecule is O=C(CN1CCCCC1)N1N=C(c2c(-c3ccccc3)c3cc(Cl)ccc3[nH]c2=O)CC1c1ccco1. The summed E-state index contributed by atoms with van der Waals surface area (Å²) in [6, 6.07) is 18.4. The van der Waals surface area contributed by atoms with Gasteiger partial charge in [0.15, 0.2) is 0 Å². The van der Waals surface area contributed by atoms with Gasteiger partial charge >= 0.3 is 0 Å². The number of hydrogen-bond donors (Lipinski definition) is 1. The zero-order chi connectivity index (χ0) is 25.4. The van der Waals surface area contributed by atoms with Crippen LogP contribution in [0.25, 0.3) is 22.0 Å². The van der Waals surface area contributed by atoms with Crippen LogP contribution in [-0.4, -0.2) is 46.1 Å². The van der Waals surface area contributed by atoms with E-state index >= 15 is 0 Å². The van der Waals surface area contributed by atoms with Gasteiger partial charge in [-0.2, -0.15) is 5.10 Å². The molecule has 1 fully saturated rings. The van der Waals surface area contributed by atoms with Gasteiger partial charge in [0.25, 0.3) is 11.5 Å². The summed E-state index contributed by atoms with van der Waals surface area (Å²) in [6.45, 7) is 2.11. The van der Waals surface area contributed by atoms with Crippen molar-refractivity contribution in [2.45, 2.75) is 31.7 Å². The molecule has 2 aliphatic rings. The molecule has 1 unspecified atom stereocenters. The fraction of sp³-hybridized carbons (Fsp3) is 0.276. The Hall–Kier alpha value is -3.68. The number of benzene rings is 2. The first kappa shape index (κ1) is 23.7. The highest BCUT2D eigenvalue weighted by Crippen LogP contribution is 2.37. The van der Waals surface area contributed by atoms with Gasteiger partial charge in [-0.15, -0.1) is 0 Å². The third-order valence-electron chi connectivity index (χ3n) is 7.17. The number of fused-ring (bicyclic) bond motifs is 1. The van der Waals surface area contributed by atoms with E-state index in [0.717, 1.165) is 42.4 Å². The number of likely N-dealkylation sites (tertiary alicyclic amines) is 1. The van der Waals surface area contributed by atoms with Crippen molar-refractivity contribution >= 4 is 34.1 Å². The van der Waals surface area contributed by atoms with Crippen molar-refractivity contribution < 1.29 is 9.21 Å². The summed E-state index contributed by atoms with van der Waals surface area (Å²) in [5.41, 5.74) is 3.07. The number of aromatic amines is 1. The maximum Gasteiger partial charge on any atom is 0.258 e. The zero-order valence-electron chi connectivity index (χ0n) is 20.3. The predicted octanol–water partition coefficient (Wildman–Crippen LogP) is 5.61. The van der Waals surface area contributed by atoms with Crippen molar-refractivity contribution in [3.05, 3.63) is 93.6 Å². The van der Waals surface area contributed by atoms with Gasteiger partial charge in [-0.3, -0.25) is 14.5 Å². The fourth-order valence-electron chi connectivity index (χ4n) is 5.42. The first-order valence-electron chi connectivity index (χ1n) is 12.6. The first-order chi connectivity index (χ1) is 18.1. The number of furan rings is 1. The number of carbonyl (C=O) groups is 1. The minimum atomic E-state index is -0.416. The summed E-state index contributed by atoms with van der Waals surface area (Å²) in [5.74, 6) is 0.548. The lowest BCUT2D eigenvalue weighted by molar-refractivity contribution is -0.134. The first-order valence-corrected chi connectivity index (χ1v) is 13.0. The summed E-state index contributed by atoms with van der Waals surface area (Å²) in [5, 5.41) is 7.71. The number of H-pyrrole nitrogens is 1. The van der Waals surface area contributed by atoms with Crippen molar-refractivity contribution in [1.29, 1.82) is 0 Å². The molecule has 2 aromatic heterocycles. The van der Waals surface area contributed by atoms with Crippen LogP contribution in [0.4, 0.5) is 0 Å². The number of halogens is 1. The molecule has 0 radical (unpaired) electrons. The number of rotatable bonds is 5. The molecule has 0 aliphatic carbocycles. The molecule has 2 aliphatic heterocycles. The molecule has 188 valence electrons. The number of carbonyl (C=O) groups excluding carboxylic acids is 1. The summed E-state index contributed by atoms with van der Waals surface area (Å²) in [4.78, 5) is 32.3. The van der Waals surface area contributed by atoms with Crippen LogP contribution in [0.1, 0.15) is 43.0 Å². The van der Waals surface area contributed by atoms with Gasteiger partial charge in [-0.25, -0.2) is 5.01 Å². The average Bonchev–Trinajstić information content (AvgIpc) is 3.60. The van der Waals surface area contributed by atoms with E-state index in [1.54, 1.807) is 18.4 Å². The Bertz CT molecular complexity index is 1520. The second-order valence-electron chi connectivity index (χ2n) is 9.62. The largest absolute Gasteiger partial charge is 0.467 e. The molecule has 1 saturated heterocycles. The van der Waals surface area contributed by atoms with Crippen molar-refractivity contribution in [1.82, 2.24) is 14.9 Å². The van der Waals surface area contributed by atoms with Crippen LogP contribution in [0.3, 0.4) is 0 Å². The Morgan fingerprint density at radius 3 is 2.59 bits per heavy atom. The number of amides is 1. The number of nitrogens with zero attached hydrogens (tertiary/aromatic N) is 3. The maximum absolute atomic E-state index is 13.6. The standard InChI is InChI=1S/C29H27ClN4O3/c30-20-11-12-22-21(16-20)27(19-8-3-1-4-9-19)28(29(36)31-22)23-17-24(25-10-7-15-37-25)34(32-23)26(35)18-33-13-5-2-6-14-33/h1,3-4,7-12,15-16,24H,2,5-6,13-14,17-18H2,(H,31,36). The quantitative estimate of drug-likeness (QED) is 0.375. The van der Waals surface area contributed by atoms with Crippen molar-refractivity contribution in [2.24, 2.45) is 5.10 Å². The van der Waals surface area contributed by atoms with Gasteiger partial charge in [-0.05, 0) is 61.8 Å². The van der Waals surface area contributed by atoms with Gasteiger partial charge in [-0.1, -0.05) is 48.4 Å². The summed E-state index contributed by atoms with van der Waals surface area (Å²) in [7, 11) is 0. The maximum atomic E-state index is 13.6. The van der Waals surface area contributed by atoms with Crippen LogP contribution < -0.4 is 5.56 Å². The Morgan fingerprint density at radius 1 is 1.03 bits per heavy atom. The minimum Gasteiger partial charge on any atom is -0.467 e. The van der Waals surface area contributed by atoms with Crippen LogP contribution in [-0.2, 0) is 4.79 Å². The number of aromatic nitrogens is 1. The number of hydrazone groups is 1. The van der Waals surface area contributed by atoms with Crippen molar-refractivity contribution in [3.63, 3.8) is 0 Å². The lowest BCUT2D eigenvalue weighted by Crippen LogP contribution is -2.40. The highest BCUT2D eigenvalue weighted by atomic mass is 35.5. The average molecular weight is 515 g/mol. The van der Waals surface area contributed by atoms with Crippen LogP contribution in [0, 0.1) is 0 Å². The molecule has 1 N–H and O–H groups in total. The van der Waals surface area contributed by atoms with Gasteiger partial charge in [0.1, 0.15) is 11.8 Å². The Balaban J connectivity index is 1.48. The van der Waals surface area contributed by atoms with E-state index in [2.05, 4.69) is 9.88 Å². The van der Waals surface area contributed by atoms with Crippen molar-refractivity contribution in [3.8, 4) is 11.1 Å². The molecule has 4 heterocycles. The molecule has 0 bridgehead atoms. The lowest BCUT2D eigenvalue weighted by Gasteiger charge is -2.28. The molecular formula is C29H27ClN4O3. The third kappa shape index (κ3) is 4.61. The second kappa shape index (κ2) is 10.00. The van der Waals surface area contributed by atoms with Crippen LogP contribution in [0.15, 0.2) is 81.2 Å². The van der Waals surface area contributed by atoms with Gasteiger partial charge < -0.3 is 9.40 Å². The minimum absolute atomic E-state index is 0.0974. The Kier molecular flexibility index (Phi) is 6.40. The molecule has 1 amide bonds. The predicted molar refractivity (Wildman–Crippen MR) is 145 cm³/mol. The van der Waals surface area contributed by atoms with E-state index in [1.165, 1.54) is 11.4 Å².